The number of nitrogens with zero attached hydrogens (tertiary/aromatic N) is 2. The molecule has 2 aliphatic rings. The van der Waals surface area contributed by atoms with Gasteiger partial charge in [-0.25, -0.2) is 0 Å². The molecule has 7 heteroatoms. The molecular formula is C31H29N3O3S. The van der Waals surface area contributed by atoms with E-state index in [9.17, 15) is 4.79 Å². The number of benzene rings is 3. The first kappa shape index (κ1) is 25.5. The van der Waals surface area contributed by atoms with E-state index in [4.69, 9.17) is 14.9 Å². The summed E-state index contributed by atoms with van der Waals surface area (Å²) >= 11 is 1.35. The number of carbonyl (C=O) groups is 1. The van der Waals surface area contributed by atoms with E-state index in [1.54, 1.807) is 11.0 Å². The monoisotopic (exact) mass is 523 g/mol. The van der Waals surface area contributed by atoms with Crippen LogP contribution in [0.15, 0.2) is 94.8 Å². The SMILES string of the molecule is CC(C)(C)c1ccc(OCCOc2ccc(/C=C3\C(=N)N4C(c5ccccc5)=CSC4=NC3=O)cc2)cc1. The zero-order valence-corrected chi connectivity index (χ0v) is 22.4. The Labute approximate surface area is 227 Å². The summed E-state index contributed by atoms with van der Waals surface area (Å²) in [5, 5.41) is 11.2. The average Bonchev–Trinajstić information content (AvgIpc) is 3.34. The molecule has 0 saturated carbocycles. The number of thioether (sulfide) groups is 1. The first-order valence-electron chi connectivity index (χ1n) is 12.4. The number of hydrogen-bond acceptors (Lipinski definition) is 5. The van der Waals surface area contributed by atoms with Crippen molar-refractivity contribution >= 4 is 40.4 Å². The van der Waals surface area contributed by atoms with Gasteiger partial charge in [-0.1, -0.05) is 87.1 Å². The molecule has 1 N–H and O–H groups in total. The standard InChI is InChI=1S/C31H29N3O3S/c1-31(2,3)23-11-15-25(16-12-23)37-18-17-36-24-13-9-21(10-14-24)19-26-28(32)34-27(22-7-5-4-6-8-22)20-38-30(34)33-29(26)35/h4-16,19-20,32H,17-18H2,1-3H3/b26-19+,32-28?. The molecule has 0 fully saturated rings. The van der Waals surface area contributed by atoms with E-state index in [0.29, 0.717) is 24.1 Å². The summed E-state index contributed by atoms with van der Waals surface area (Å²) in [5.74, 6) is 1.22. The number of aliphatic imine (C=N–C) groups is 1. The van der Waals surface area contributed by atoms with Crippen molar-refractivity contribution in [1.29, 1.82) is 5.41 Å². The Bertz CT molecular complexity index is 1430. The maximum Gasteiger partial charge on any atom is 0.283 e. The molecule has 3 aromatic rings. The predicted molar refractivity (Wildman–Crippen MR) is 155 cm³/mol. The van der Waals surface area contributed by atoms with Crippen molar-refractivity contribution in [3.63, 3.8) is 0 Å². The van der Waals surface area contributed by atoms with Crippen molar-refractivity contribution in [2.75, 3.05) is 13.2 Å². The van der Waals surface area contributed by atoms with Crippen LogP contribution in [0.25, 0.3) is 11.8 Å². The molecule has 3 aromatic carbocycles. The maximum atomic E-state index is 12.7. The topological polar surface area (TPSA) is 75.0 Å². The predicted octanol–water partition coefficient (Wildman–Crippen LogP) is 6.75. The van der Waals surface area contributed by atoms with Crippen LogP contribution in [-0.2, 0) is 10.2 Å². The van der Waals surface area contributed by atoms with Crippen LogP contribution in [0.3, 0.4) is 0 Å². The fourth-order valence-corrected chi connectivity index (χ4v) is 5.00. The fraction of sp³-hybridized carbons (Fsp3) is 0.194. The van der Waals surface area contributed by atoms with Gasteiger partial charge in [0.25, 0.3) is 5.91 Å². The molecule has 0 aromatic heterocycles. The van der Waals surface area contributed by atoms with Crippen molar-refractivity contribution in [2.45, 2.75) is 26.2 Å². The number of carbonyl (C=O) groups excluding carboxylic acids is 1. The summed E-state index contributed by atoms with van der Waals surface area (Å²) in [6.45, 7) is 7.39. The summed E-state index contributed by atoms with van der Waals surface area (Å²) in [6, 6.07) is 25.4. The van der Waals surface area contributed by atoms with Gasteiger partial charge in [-0.3, -0.25) is 15.1 Å². The van der Waals surface area contributed by atoms with Crippen molar-refractivity contribution in [3.8, 4) is 11.5 Å². The molecule has 2 heterocycles. The minimum Gasteiger partial charge on any atom is -0.490 e. The highest BCUT2D eigenvalue weighted by Crippen LogP contribution is 2.37. The Morgan fingerprint density at radius 1 is 0.895 bits per heavy atom. The lowest BCUT2D eigenvalue weighted by Gasteiger charge is -2.26. The van der Waals surface area contributed by atoms with Crippen LogP contribution in [0.4, 0.5) is 0 Å². The van der Waals surface area contributed by atoms with Gasteiger partial charge >= 0.3 is 0 Å². The molecule has 5 rings (SSSR count). The van der Waals surface area contributed by atoms with Gasteiger partial charge < -0.3 is 9.47 Å². The van der Waals surface area contributed by atoms with Gasteiger partial charge in [0, 0.05) is 5.41 Å². The molecule has 192 valence electrons. The van der Waals surface area contributed by atoms with Crippen LogP contribution >= 0.6 is 11.8 Å². The number of ether oxygens (including phenoxy) is 2. The molecule has 2 aliphatic heterocycles. The molecule has 0 saturated heterocycles. The van der Waals surface area contributed by atoms with Gasteiger partial charge in [-0.05, 0) is 52.4 Å². The molecule has 0 atom stereocenters. The Hall–Kier alpha value is -4.10. The van der Waals surface area contributed by atoms with E-state index in [1.165, 1.54) is 17.3 Å². The van der Waals surface area contributed by atoms with E-state index in [0.717, 1.165) is 22.6 Å². The van der Waals surface area contributed by atoms with Crippen molar-refractivity contribution < 1.29 is 14.3 Å². The summed E-state index contributed by atoms with van der Waals surface area (Å²) in [6.07, 6.45) is 1.70. The summed E-state index contributed by atoms with van der Waals surface area (Å²) < 4.78 is 11.6. The minimum absolute atomic E-state index is 0.111. The van der Waals surface area contributed by atoms with Crippen molar-refractivity contribution in [2.24, 2.45) is 4.99 Å². The first-order chi connectivity index (χ1) is 18.3. The quantitative estimate of drug-likeness (QED) is 0.274. The zero-order valence-electron chi connectivity index (χ0n) is 21.6. The van der Waals surface area contributed by atoms with E-state index >= 15 is 0 Å². The van der Waals surface area contributed by atoms with Gasteiger partial charge in [-0.15, -0.1) is 0 Å². The van der Waals surface area contributed by atoms with E-state index in [1.807, 2.05) is 72.1 Å². The first-order valence-corrected chi connectivity index (χ1v) is 13.3. The third-order valence-corrected chi connectivity index (χ3v) is 7.04. The lowest BCUT2D eigenvalue weighted by atomic mass is 9.87. The Morgan fingerprint density at radius 3 is 2.11 bits per heavy atom. The van der Waals surface area contributed by atoms with E-state index in [-0.39, 0.29) is 16.8 Å². The molecule has 0 bridgehead atoms. The smallest absolute Gasteiger partial charge is 0.283 e. The third kappa shape index (κ3) is 5.58. The second kappa shape index (κ2) is 10.7. The molecule has 6 nitrogen and oxygen atoms in total. The molecular weight excluding hydrogens is 494 g/mol. The van der Waals surface area contributed by atoms with E-state index in [2.05, 4.69) is 37.9 Å². The number of amides is 1. The highest BCUT2D eigenvalue weighted by Gasteiger charge is 2.36. The van der Waals surface area contributed by atoms with Crippen LogP contribution in [0.2, 0.25) is 0 Å². The molecule has 0 spiro atoms. The third-order valence-electron chi connectivity index (χ3n) is 6.22. The summed E-state index contributed by atoms with van der Waals surface area (Å²) in [7, 11) is 0. The van der Waals surface area contributed by atoms with Crippen molar-refractivity contribution in [3.05, 3.63) is 107 Å². The van der Waals surface area contributed by atoms with Gasteiger partial charge in [0.15, 0.2) is 5.17 Å². The summed E-state index contributed by atoms with van der Waals surface area (Å²) in [5.41, 5.74) is 4.22. The second-order valence-corrected chi connectivity index (χ2v) is 10.8. The van der Waals surface area contributed by atoms with Crippen LogP contribution in [-0.4, -0.2) is 35.0 Å². The number of fused-ring (bicyclic) bond motifs is 1. The summed E-state index contributed by atoms with van der Waals surface area (Å²) in [4.78, 5) is 18.7. The van der Waals surface area contributed by atoms with Gasteiger partial charge in [-0.2, -0.15) is 4.99 Å². The van der Waals surface area contributed by atoms with Crippen LogP contribution in [0.5, 0.6) is 11.5 Å². The number of rotatable bonds is 7. The zero-order chi connectivity index (χ0) is 26.7. The Balaban J connectivity index is 1.19. The average molecular weight is 524 g/mol. The number of hydrogen-bond donors (Lipinski definition) is 1. The Morgan fingerprint density at radius 2 is 1.50 bits per heavy atom. The van der Waals surface area contributed by atoms with Crippen LogP contribution in [0.1, 0.15) is 37.5 Å². The van der Waals surface area contributed by atoms with Gasteiger partial charge in [0.1, 0.15) is 30.5 Å². The molecule has 38 heavy (non-hydrogen) atoms. The van der Waals surface area contributed by atoms with Gasteiger partial charge in [0.05, 0.1) is 11.3 Å². The lowest BCUT2D eigenvalue weighted by Crippen LogP contribution is -2.38. The highest BCUT2D eigenvalue weighted by atomic mass is 32.2. The molecule has 1 amide bonds. The molecule has 0 aliphatic carbocycles. The molecule has 0 radical (unpaired) electrons. The van der Waals surface area contributed by atoms with Crippen LogP contribution in [0, 0.1) is 5.41 Å². The maximum absolute atomic E-state index is 12.7. The number of amidine groups is 2. The second-order valence-electron chi connectivity index (χ2n) is 9.97. The van der Waals surface area contributed by atoms with E-state index < -0.39 is 5.91 Å². The largest absolute Gasteiger partial charge is 0.490 e. The normalized spacial score (nSPS) is 16.3. The number of nitrogens with one attached hydrogen (secondary N) is 1. The lowest BCUT2D eigenvalue weighted by molar-refractivity contribution is -0.114. The van der Waals surface area contributed by atoms with Crippen LogP contribution < -0.4 is 9.47 Å². The van der Waals surface area contributed by atoms with Crippen molar-refractivity contribution in [1.82, 2.24) is 4.90 Å². The minimum atomic E-state index is -0.413. The Kier molecular flexibility index (Phi) is 7.20. The fourth-order valence-electron chi connectivity index (χ4n) is 4.11. The molecule has 0 unspecified atom stereocenters. The highest BCUT2D eigenvalue weighted by molar-refractivity contribution is 8.17. The van der Waals surface area contributed by atoms with Gasteiger partial charge in [0.2, 0.25) is 0 Å².